The van der Waals surface area contributed by atoms with Crippen molar-refractivity contribution in [1.29, 1.82) is 0 Å². The monoisotopic (exact) mass is 261 g/mol. The van der Waals surface area contributed by atoms with Crippen molar-refractivity contribution in [2.75, 3.05) is 29.9 Å². The Morgan fingerprint density at radius 1 is 1.37 bits per heavy atom. The maximum Gasteiger partial charge on any atom is 0.321 e. The van der Waals surface area contributed by atoms with Crippen molar-refractivity contribution in [2.45, 2.75) is 25.5 Å². The molecule has 5 heteroatoms. The van der Waals surface area contributed by atoms with Crippen LogP contribution in [0.15, 0.2) is 24.3 Å². The summed E-state index contributed by atoms with van der Waals surface area (Å²) >= 11 is 0. The fourth-order valence-electron chi connectivity index (χ4n) is 2.59. The molecule has 2 aliphatic rings. The fraction of sp³-hybridized carbons (Fsp3) is 0.500. The second kappa shape index (κ2) is 5.09. The molecule has 2 saturated heterocycles. The van der Waals surface area contributed by atoms with E-state index in [4.69, 9.17) is 4.74 Å². The molecule has 2 N–H and O–H groups in total. The van der Waals surface area contributed by atoms with Gasteiger partial charge in [0.2, 0.25) is 0 Å². The van der Waals surface area contributed by atoms with Crippen LogP contribution in [0.2, 0.25) is 0 Å². The van der Waals surface area contributed by atoms with Crippen LogP contribution in [-0.2, 0) is 4.74 Å². The molecule has 0 radical (unpaired) electrons. The number of amides is 2. The number of benzene rings is 1. The molecule has 0 aromatic heterocycles. The summed E-state index contributed by atoms with van der Waals surface area (Å²) < 4.78 is 5.53. The fourth-order valence-corrected chi connectivity index (χ4v) is 2.59. The van der Waals surface area contributed by atoms with E-state index in [9.17, 15) is 4.79 Å². The Morgan fingerprint density at radius 3 is 2.74 bits per heavy atom. The number of hydrogen-bond acceptors (Lipinski definition) is 3. The van der Waals surface area contributed by atoms with Gasteiger partial charge in [0.25, 0.3) is 0 Å². The van der Waals surface area contributed by atoms with Crippen LogP contribution in [0.3, 0.4) is 0 Å². The lowest BCUT2D eigenvalue weighted by Gasteiger charge is -2.19. The van der Waals surface area contributed by atoms with Gasteiger partial charge in [0.05, 0.1) is 12.1 Å². The summed E-state index contributed by atoms with van der Waals surface area (Å²) in [6, 6.07) is 8.36. The topological polar surface area (TPSA) is 53.6 Å². The summed E-state index contributed by atoms with van der Waals surface area (Å²) in [5.74, 6) is 0. The van der Waals surface area contributed by atoms with Crippen LogP contribution < -0.4 is 15.5 Å². The number of urea groups is 1. The Labute approximate surface area is 112 Å². The van der Waals surface area contributed by atoms with Gasteiger partial charge in [-0.25, -0.2) is 4.79 Å². The average Bonchev–Trinajstić information content (AvgIpc) is 3.00. The maximum atomic E-state index is 11.6. The number of rotatable bonds is 3. The van der Waals surface area contributed by atoms with Gasteiger partial charge < -0.3 is 15.4 Å². The van der Waals surface area contributed by atoms with Crippen LogP contribution in [0.5, 0.6) is 0 Å². The van der Waals surface area contributed by atoms with Crippen LogP contribution in [0.4, 0.5) is 16.2 Å². The van der Waals surface area contributed by atoms with Crippen molar-refractivity contribution in [1.82, 2.24) is 5.32 Å². The highest BCUT2D eigenvalue weighted by Crippen LogP contribution is 2.22. The Hall–Kier alpha value is -1.75. The molecular formula is C14H19N3O2. The first kappa shape index (κ1) is 12.3. The minimum absolute atomic E-state index is 0.0153. The number of hydrogen-bond donors (Lipinski definition) is 2. The van der Waals surface area contributed by atoms with Gasteiger partial charge in [-0.2, -0.15) is 0 Å². The minimum atomic E-state index is -0.0153. The lowest BCUT2D eigenvalue weighted by Crippen LogP contribution is -2.28. The number of carbonyl (C=O) groups is 1. The molecule has 2 aliphatic heterocycles. The highest BCUT2D eigenvalue weighted by atomic mass is 16.5. The normalized spacial score (nSPS) is 26.6. The second-order valence-corrected chi connectivity index (χ2v) is 5.05. The first-order chi connectivity index (χ1) is 9.24. The van der Waals surface area contributed by atoms with Gasteiger partial charge in [-0.05, 0) is 37.6 Å². The third kappa shape index (κ3) is 2.51. The van der Waals surface area contributed by atoms with Gasteiger partial charge >= 0.3 is 6.03 Å². The summed E-state index contributed by atoms with van der Waals surface area (Å²) in [5.41, 5.74) is 2.02. The Balaban J connectivity index is 1.67. The molecule has 0 bridgehead atoms. The van der Waals surface area contributed by atoms with Crippen molar-refractivity contribution in [3.8, 4) is 0 Å². The van der Waals surface area contributed by atoms with E-state index in [1.807, 2.05) is 24.3 Å². The van der Waals surface area contributed by atoms with E-state index in [1.165, 1.54) is 0 Å². The second-order valence-electron chi connectivity index (χ2n) is 5.05. The zero-order chi connectivity index (χ0) is 13.2. The highest BCUT2D eigenvalue weighted by Gasteiger charge is 2.24. The van der Waals surface area contributed by atoms with Crippen molar-refractivity contribution in [3.63, 3.8) is 0 Å². The van der Waals surface area contributed by atoms with Crippen molar-refractivity contribution >= 4 is 17.4 Å². The van der Waals surface area contributed by atoms with E-state index in [-0.39, 0.29) is 12.1 Å². The van der Waals surface area contributed by atoms with Gasteiger partial charge in [-0.1, -0.05) is 0 Å². The number of nitrogens with one attached hydrogen (secondary N) is 2. The Morgan fingerprint density at radius 2 is 2.16 bits per heavy atom. The summed E-state index contributed by atoms with van der Waals surface area (Å²) in [7, 11) is 0. The Kier molecular flexibility index (Phi) is 3.29. The molecular weight excluding hydrogens is 242 g/mol. The van der Waals surface area contributed by atoms with Gasteiger partial charge in [-0.3, -0.25) is 4.90 Å². The molecule has 2 amide bonds. The highest BCUT2D eigenvalue weighted by molar-refractivity contribution is 5.94. The summed E-state index contributed by atoms with van der Waals surface area (Å²) in [6.45, 7) is 4.37. The van der Waals surface area contributed by atoms with Crippen LogP contribution in [0.25, 0.3) is 0 Å². The number of carbonyl (C=O) groups excluding carboxylic acids is 1. The lowest BCUT2D eigenvalue weighted by molar-refractivity contribution is 0.121. The molecule has 0 saturated carbocycles. The lowest BCUT2D eigenvalue weighted by atomic mass is 10.1. The van der Waals surface area contributed by atoms with Crippen molar-refractivity contribution in [3.05, 3.63) is 24.3 Å². The zero-order valence-electron chi connectivity index (χ0n) is 11.1. The summed E-state index contributed by atoms with van der Waals surface area (Å²) in [6.07, 6.45) is 1.29. The predicted molar refractivity (Wildman–Crippen MR) is 74.6 cm³/mol. The molecule has 102 valence electrons. The molecule has 2 heterocycles. The van der Waals surface area contributed by atoms with E-state index in [2.05, 4.69) is 17.6 Å². The molecule has 2 atom stereocenters. The van der Waals surface area contributed by atoms with E-state index in [0.717, 1.165) is 37.5 Å². The SMILES string of the molecule is CC1OCCC1Nc1ccc(N2CCNC2=O)cc1. The molecule has 5 nitrogen and oxygen atoms in total. The smallest absolute Gasteiger partial charge is 0.321 e. The third-order valence-corrected chi connectivity index (χ3v) is 3.76. The predicted octanol–water partition coefficient (Wildman–Crippen LogP) is 1.81. The number of anilines is 2. The van der Waals surface area contributed by atoms with Gasteiger partial charge in [0.15, 0.2) is 0 Å². The number of ether oxygens (including phenoxy) is 1. The molecule has 0 aliphatic carbocycles. The van der Waals surface area contributed by atoms with Crippen LogP contribution >= 0.6 is 0 Å². The molecule has 2 fully saturated rings. The molecule has 19 heavy (non-hydrogen) atoms. The largest absolute Gasteiger partial charge is 0.380 e. The molecule has 2 unspecified atom stereocenters. The van der Waals surface area contributed by atoms with Gasteiger partial charge in [0.1, 0.15) is 0 Å². The first-order valence-electron chi connectivity index (χ1n) is 6.77. The zero-order valence-corrected chi connectivity index (χ0v) is 11.1. The molecule has 3 rings (SSSR count). The van der Waals surface area contributed by atoms with E-state index >= 15 is 0 Å². The van der Waals surface area contributed by atoms with Crippen molar-refractivity contribution < 1.29 is 9.53 Å². The quantitative estimate of drug-likeness (QED) is 0.872. The van der Waals surface area contributed by atoms with Crippen LogP contribution in [0, 0.1) is 0 Å². The van der Waals surface area contributed by atoms with Crippen molar-refractivity contribution in [2.24, 2.45) is 0 Å². The van der Waals surface area contributed by atoms with E-state index in [0.29, 0.717) is 6.04 Å². The molecule has 0 spiro atoms. The number of nitrogens with zero attached hydrogens (tertiary/aromatic N) is 1. The maximum absolute atomic E-state index is 11.6. The summed E-state index contributed by atoms with van der Waals surface area (Å²) in [4.78, 5) is 13.3. The molecule has 1 aromatic rings. The minimum Gasteiger partial charge on any atom is -0.380 e. The van der Waals surface area contributed by atoms with Gasteiger partial charge in [0, 0.05) is 31.1 Å². The average molecular weight is 261 g/mol. The Bertz CT molecular complexity index is 460. The third-order valence-electron chi connectivity index (χ3n) is 3.76. The van der Waals surface area contributed by atoms with Crippen LogP contribution in [0.1, 0.15) is 13.3 Å². The summed E-state index contributed by atoms with van der Waals surface area (Å²) in [5, 5.41) is 6.28. The van der Waals surface area contributed by atoms with E-state index in [1.54, 1.807) is 4.90 Å². The first-order valence-corrected chi connectivity index (χ1v) is 6.77. The van der Waals surface area contributed by atoms with Gasteiger partial charge in [-0.15, -0.1) is 0 Å². The standard InChI is InChI=1S/C14H19N3O2/c1-10-13(6-9-19-10)16-11-2-4-12(5-3-11)17-8-7-15-14(17)18/h2-5,10,13,16H,6-9H2,1H3,(H,15,18). The van der Waals surface area contributed by atoms with Crippen LogP contribution in [-0.4, -0.2) is 37.9 Å². The molecule has 1 aromatic carbocycles. The van der Waals surface area contributed by atoms with E-state index < -0.39 is 0 Å².